The number of thiophene rings is 1. The van der Waals surface area contributed by atoms with E-state index in [0.29, 0.717) is 6.04 Å². The van der Waals surface area contributed by atoms with Crippen LogP contribution in [0.15, 0.2) is 29.3 Å². The third-order valence-corrected chi connectivity index (χ3v) is 7.21. The molecule has 138 valence electrons. The van der Waals surface area contributed by atoms with Crippen LogP contribution >= 0.6 is 11.3 Å². The van der Waals surface area contributed by atoms with Gasteiger partial charge >= 0.3 is 0 Å². The summed E-state index contributed by atoms with van der Waals surface area (Å²) in [5.74, 6) is -0.147. The average molecular weight is 372 g/mol. The van der Waals surface area contributed by atoms with Gasteiger partial charge in [0.05, 0.1) is 0 Å². The lowest BCUT2D eigenvalue weighted by Crippen LogP contribution is -2.46. The molecule has 1 aromatic carbocycles. The summed E-state index contributed by atoms with van der Waals surface area (Å²) in [6, 6.07) is 7.82. The third kappa shape index (κ3) is 3.19. The van der Waals surface area contributed by atoms with Crippen molar-refractivity contribution in [3.8, 4) is 0 Å². The first kappa shape index (κ1) is 17.7. The zero-order chi connectivity index (χ0) is 18.3. The van der Waals surface area contributed by atoms with E-state index in [4.69, 9.17) is 0 Å². The predicted molar refractivity (Wildman–Crippen MR) is 108 cm³/mol. The van der Waals surface area contributed by atoms with Crippen LogP contribution in [-0.4, -0.2) is 36.9 Å². The number of hydrogen-bond acceptors (Lipinski definition) is 4. The van der Waals surface area contributed by atoms with Crippen molar-refractivity contribution in [1.82, 2.24) is 4.90 Å². The molecule has 2 aromatic rings. The Balaban J connectivity index is 1.44. The predicted octanol–water partition coefficient (Wildman–Crippen LogP) is 4.93. The molecule has 2 aliphatic heterocycles. The Bertz CT molecular complexity index is 821. The fraction of sp³-hybridized carbons (Fsp3) is 0.476. The summed E-state index contributed by atoms with van der Waals surface area (Å²) in [7, 11) is 0. The molecule has 0 bridgehead atoms. The number of fused-ring (bicyclic) bond motifs is 1. The third-order valence-electron chi connectivity index (χ3n) is 5.95. The van der Waals surface area contributed by atoms with E-state index < -0.39 is 0 Å². The first-order valence-electron chi connectivity index (χ1n) is 9.40. The molecule has 4 rings (SSSR count). The van der Waals surface area contributed by atoms with Crippen LogP contribution in [0.25, 0.3) is 0 Å². The Morgan fingerprint density at radius 3 is 2.73 bits per heavy atom. The molecule has 1 atom stereocenters. The fourth-order valence-electron chi connectivity index (χ4n) is 4.12. The van der Waals surface area contributed by atoms with Gasteiger partial charge in [-0.15, -0.1) is 11.3 Å². The van der Waals surface area contributed by atoms with Crippen molar-refractivity contribution in [2.24, 2.45) is 4.99 Å². The first-order valence-corrected chi connectivity index (χ1v) is 10.2. The maximum Gasteiger partial charge on any atom is 0.123 e. The van der Waals surface area contributed by atoms with Crippen LogP contribution in [0.5, 0.6) is 0 Å². The minimum Gasteiger partial charge on any atom is -0.340 e. The molecule has 3 nitrogen and oxygen atoms in total. The van der Waals surface area contributed by atoms with Crippen molar-refractivity contribution in [2.45, 2.75) is 45.7 Å². The Morgan fingerprint density at radius 1 is 1.23 bits per heavy atom. The molecule has 0 radical (unpaired) electrons. The van der Waals surface area contributed by atoms with Crippen molar-refractivity contribution >= 4 is 22.6 Å². The molecule has 0 spiro atoms. The highest BCUT2D eigenvalue weighted by Crippen LogP contribution is 2.39. The highest BCUT2D eigenvalue weighted by Gasteiger charge is 2.30. The monoisotopic (exact) mass is 371 g/mol. The molecule has 0 N–H and O–H groups in total. The summed E-state index contributed by atoms with van der Waals surface area (Å²) in [4.78, 5) is 11.0. The smallest absolute Gasteiger partial charge is 0.123 e. The van der Waals surface area contributed by atoms with Crippen LogP contribution in [-0.2, 0) is 0 Å². The minimum absolute atomic E-state index is 0.147. The number of likely N-dealkylation sites (tertiary alicyclic amines) is 1. The van der Waals surface area contributed by atoms with E-state index in [1.54, 1.807) is 6.07 Å². The highest BCUT2D eigenvalue weighted by molar-refractivity contribution is 7.16. The minimum atomic E-state index is -0.147. The molecule has 5 heteroatoms. The van der Waals surface area contributed by atoms with E-state index in [-0.39, 0.29) is 11.9 Å². The number of hydrogen-bond donors (Lipinski definition) is 0. The van der Waals surface area contributed by atoms with Gasteiger partial charge in [0.25, 0.3) is 0 Å². The Labute approximate surface area is 159 Å². The van der Waals surface area contributed by atoms with Crippen LogP contribution in [0.2, 0.25) is 0 Å². The Hall–Kier alpha value is -1.72. The summed E-state index contributed by atoms with van der Waals surface area (Å²) in [6.07, 6.45) is 4.31. The topological polar surface area (TPSA) is 18.8 Å². The van der Waals surface area contributed by atoms with Gasteiger partial charge < -0.3 is 4.90 Å². The van der Waals surface area contributed by atoms with Crippen molar-refractivity contribution in [3.05, 3.63) is 51.7 Å². The molecule has 3 heterocycles. The number of halogens is 1. The SMILES string of the molecule is Cc1sc2c(c1C)C=NCN2C1CCN(C(C)c2cccc(F)c2)CC1. The summed E-state index contributed by atoms with van der Waals surface area (Å²) in [5, 5.41) is 1.40. The van der Waals surface area contributed by atoms with E-state index in [1.165, 1.54) is 27.1 Å². The van der Waals surface area contributed by atoms with Crippen LogP contribution in [0.4, 0.5) is 9.39 Å². The standard InChI is InChI=1S/C21H26FN3S/c1-14-16(3)26-21-20(14)12-23-13-25(21)19-7-9-24(10-8-19)15(2)17-5-4-6-18(22)11-17/h4-6,11-12,15,19H,7-10,13H2,1-3H3. The number of piperidine rings is 1. The lowest BCUT2D eigenvalue weighted by Gasteiger charge is -2.41. The van der Waals surface area contributed by atoms with Crippen LogP contribution in [0.3, 0.4) is 0 Å². The molecular formula is C21H26FN3S. The summed E-state index contributed by atoms with van der Waals surface area (Å²) >= 11 is 1.90. The Morgan fingerprint density at radius 2 is 2.00 bits per heavy atom. The normalized spacial score (nSPS) is 19.6. The van der Waals surface area contributed by atoms with Gasteiger partial charge in [-0.05, 0) is 56.9 Å². The van der Waals surface area contributed by atoms with Gasteiger partial charge in [0.15, 0.2) is 0 Å². The van der Waals surface area contributed by atoms with Gasteiger partial charge in [-0.25, -0.2) is 4.39 Å². The zero-order valence-electron chi connectivity index (χ0n) is 15.7. The molecule has 1 saturated heterocycles. The number of nitrogens with zero attached hydrogens (tertiary/aromatic N) is 3. The van der Waals surface area contributed by atoms with Gasteiger partial charge in [0, 0.05) is 41.8 Å². The molecule has 1 unspecified atom stereocenters. The zero-order valence-corrected chi connectivity index (χ0v) is 16.5. The largest absolute Gasteiger partial charge is 0.340 e. The van der Waals surface area contributed by atoms with Gasteiger partial charge in [-0.1, -0.05) is 12.1 Å². The van der Waals surface area contributed by atoms with Crippen LogP contribution in [0, 0.1) is 19.7 Å². The van der Waals surface area contributed by atoms with Crippen LogP contribution < -0.4 is 4.90 Å². The molecule has 1 fully saturated rings. The molecule has 0 amide bonds. The van der Waals surface area contributed by atoms with Crippen molar-refractivity contribution < 1.29 is 4.39 Å². The summed E-state index contributed by atoms with van der Waals surface area (Å²) in [6.45, 7) is 9.44. The highest BCUT2D eigenvalue weighted by atomic mass is 32.1. The van der Waals surface area contributed by atoms with E-state index in [9.17, 15) is 4.39 Å². The average Bonchev–Trinajstić information content (AvgIpc) is 2.96. The number of aliphatic imine (C=N–C) groups is 1. The van der Waals surface area contributed by atoms with Gasteiger partial charge in [-0.3, -0.25) is 9.89 Å². The van der Waals surface area contributed by atoms with Gasteiger partial charge in [0.2, 0.25) is 0 Å². The lowest BCUT2D eigenvalue weighted by atomic mass is 9.98. The number of benzene rings is 1. The van der Waals surface area contributed by atoms with E-state index in [0.717, 1.165) is 38.2 Å². The number of anilines is 1. The molecule has 2 aliphatic rings. The molecule has 0 aliphatic carbocycles. The van der Waals surface area contributed by atoms with Gasteiger partial charge in [0.1, 0.15) is 17.5 Å². The quantitative estimate of drug-likeness (QED) is 0.762. The second kappa shape index (κ2) is 7.12. The first-order chi connectivity index (χ1) is 12.5. The fourth-order valence-corrected chi connectivity index (χ4v) is 5.31. The van der Waals surface area contributed by atoms with E-state index in [2.05, 4.69) is 35.6 Å². The second-order valence-electron chi connectivity index (χ2n) is 7.42. The van der Waals surface area contributed by atoms with E-state index in [1.807, 2.05) is 29.7 Å². The van der Waals surface area contributed by atoms with Crippen LogP contribution in [0.1, 0.15) is 47.4 Å². The lowest BCUT2D eigenvalue weighted by molar-refractivity contribution is 0.160. The van der Waals surface area contributed by atoms with Gasteiger partial charge in [-0.2, -0.15) is 0 Å². The maximum absolute atomic E-state index is 13.5. The Kier molecular flexibility index (Phi) is 4.84. The van der Waals surface area contributed by atoms with Crippen molar-refractivity contribution in [2.75, 3.05) is 24.7 Å². The maximum atomic E-state index is 13.5. The summed E-state index contributed by atoms with van der Waals surface area (Å²) < 4.78 is 13.5. The molecule has 26 heavy (non-hydrogen) atoms. The molecule has 1 aromatic heterocycles. The number of rotatable bonds is 3. The molecule has 0 saturated carbocycles. The second-order valence-corrected chi connectivity index (χ2v) is 8.63. The number of aryl methyl sites for hydroxylation is 1. The van der Waals surface area contributed by atoms with E-state index >= 15 is 0 Å². The van der Waals surface area contributed by atoms with Crippen molar-refractivity contribution in [1.29, 1.82) is 0 Å². The molecular weight excluding hydrogens is 345 g/mol. The van der Waals surface area contributed by atoms with Crippen molar-refractivity contribution in [3.63, 3.8) is 0 Å². The summed E-state index contributed by atoms with van der Waals surface area (Å²) in [5.41, 5.74) is 3.75.